The first-order valence-corrected chi connectivity index (χ1v) is 10.7. The van der Waals surface area contributed by atoms with Crippen molar-refractivity contribution in [3.63, 3.8) is 0 Å². The Morgan fingerprint density at radius 1 is 1.10 bits per heavy atom. The van der Waals surface area contributed by atoms with Crippen molar-refractivity contribution in [1.29, 1.82) is 0 Å². The molecule has 0 spiro atoms. The quantitative estimate of drug-likeness (QED) is 0.658. The van der Waals surface area contributed by atoms with Crippen LogP contribution < -0.4 is 15.4 Å². The van der Waals surface area contributed by atoms with Crippen molar-refractivity contribution >= 4 is 6.03 Å². The molecule has 2 heterocycles. The number of nitrogens with zero attached hydrogens (tertiary/aromatic N) is 2. The van der Waals surface area contributed by atoms with Gasteiger partial charge in [-0.05, 0) is 58.2 Å². The molecule has 3 rings (SSSR count). The van der Waals surface area contributed by atoms with Crippen LogP contribution in [-0.2, 0) is 0 Å². The second-order valence-corrected chi connectivity index (χ2v) is 7.94. The summed E-state index contributed by atoms with van der Waals surface area (Å²) in [7, 11) is 5.67. The van der Waals surface area contributed by atoms with Crippen LogP contribution in [0.1, 0.15) is 42.7 Å². The van der Waals surface area contributed by atoms with E-state index < -0.39 is 0 Å². The van der Waals surface area contributed by atoms with Gasteiger partial charge < -0.3 is 24.7 Å². The average molecular weight is 415 g/mol. The van der Waals surface area contributed by atoms with Crippen LogP contribution in [0.3, 0.4) is 0 Å². The van der Waals surface area contributed by atoms with Gasteiger partial charge in [0, 0.05) is 18.7 Å². The van der Waals surface area contributed by atoms with Gasteiger partial charge in [0.15, 0.2) is 0 Å². The molecule has 164 valence electrons. The zero-order valence-electron chi connectivity index (χ0n) is 18.3. The number of benzene rings is 1. The summed E-state index contributed by atoms with van der Waals surface area (Å²) >= 11 is 0. The number of hydrogen-bond donors (Lipinski definition) is 2. The number of para-hydroxylation sites is 1. The normalized spacial score (nSPS) is 16.8. The van der Waals surface area contributed by atoms with Gasteiger partial charge in [0.25, 0.3) is 0 Å². The van der Waals surface area contributed by atoms with Crippen molar-refractivity contribution < 1.29 is 13.9 Å². The molecule has 1 aromatic carbocycles. The first-order chi connectivity index (χ1) is 14.6. The van der Waals surface area contributed by atoms with Crippen molar-refractivity contribution in [1.82, 2.24) is 20.4 Å². The lowest BCUT2D eigenvalue weighted by molar-refractivity contribution is 0.143. The highest BCUT2D eigenvalue weighted by atomic mass is 16.5. The number of likely N-dealkylation sites (tertiary alicyclic amines) is 1. The minimum absolute atomic E-state index is 0.00913. The van der Waals surface area contributed by atoms with Gasteiger partial charge in [-0.3, -0.25) is 4.90 Å². The monoisotopic (exact) mass is 414 g/mol. The lowest BCUT2D eigenvalue weighted by Crippen LogP contribution is -2.45. The molecule has 2 N–H and O–H groups in total. The van der Waals surface area contributed by atoms with Crippen LogP contribution >= 0.6 is 0 Å². The van der Waals surface area contributed by atoms with Crippen molar-refractivity contribution in [3.05, 3.63) is 54.0 Å². The van der Waals surface area contributed by atoms with Gasteiger partial charge in [-0.15, -0.1) is 0 Å². The molecule has 1 aromatic heterocycles. The van der Waals surface area contributed by atoms with Crippen LogP contribution in [0.4, 0.5) is 4.79 Å². The van der Waals surface area contributed by atoms with E-state index in [1.54, 1.807) is 13.4 Å². The van der Waals surface area contributed by atoms with Crippen LogP contribution in [-0.4, -0.2) is 63.2 Å². The minimum Gasteiger partial charge on any atom is -0.496 e. The van der Waals surface area contributed by atoms with E-state index >= 15 is 0 Å². The second-order valence-electron chi connectivity index (χ2n) is 7.94. The Balaban J connectivity index is 1.58. The Morgan fingerprint density at radius 3 is 2.50 bits per heavy atom. The van der Waals surface area contributed by atoms with Gasteiger partial charge in [-0.2, -0.15) is 0 Å². The number of furan rings is 1. The van der Waals surface area contributed by atoms with E-state index in [4.69, 9.17) is 9.15 Å². The average Bonchev–Trinajstić information content (AvgIpc) is 3.29. The third-order valence-corrected chi connectivity index (χ3v) is 5.74. The smallest absolute Gasteiger partial charge is 0.314 e. The van der Waals surface area contributed by atoms with E-state index in [-0.39, 0.29) is 18.1 Å². The number of methoxy groups -OCH3 is 1. The Kier molecular flexibility index (Phi) is 8.16. The van der Waals surface area contributed by atoms with Crippen LogP contribution in [0.25, 0.3) is 0 Å². The fourth-order valence-corrected chi connectivity index (χ4v) is 4.07. The molecule has 30 heavy (non-hydrogen) atoms. The molecule has 7 nitrogen and oxygen atoms in total. The zero-order valence-corrected chi connectivity index (χ0v) is 18.3. The van der Waals surface area contributed by atoms with E-state index in [9.17, 15) is 4.79 Å². The first-order valence-electron chi connectivity index (χ1n) is 10.7. The number of likely N-dealkylation sites (N-methyl/N-ethyl adjacent to an activating group) is 1. The molecular formula is C23H34N4O3. The highest BCUT2D eigenvalue weighted by Gasteiger charge is 2.25. The minimum atomic E-state index is -0.176. The molecule has 1 aliphatic heterocycles. The lowest BCUT2D eigenvalue weighted by atomic mass is 10.0. The van der Waals surface area contributed by atoms with Gasteiger partial charge in [0.05, 0.1) is 25.5 Å². The number of carbonyl (C=O) groups is 1. The summed E-state index contributed by atoms with van der Waals surface area (Å²) in [6.45, 7) is 3.06. The number of carbonyl (C=O) groups excluding carboxylic acids is 1. The maximum atomic E-state index is 12.6. The summed E-state index contributed by atoms with van der Waals surface area (Å²) in [6.07, 6.45) is 5.34. The van der Waals surface area contributed by atoms with Crippen molar-refractivity contribution in [3.8, 4) is 5.75 Å². The highest BCUT2D eigenvalue weighted by molar-refractivity contribution is 5.74. The van der Waals surface area contributed by atoms with E-state index in [2.05, 4.69) is 20.4 Å². The number of rotatable bonds is 9. The highest BCUT2D eigenvalue weighted by Crippen LogP contribution is 2.27. The fourth-order valence-electron chi connectivity index (χ4n) is 4.07. The Hall–Kier alpha value is -2.51. The summed E-state index contributed by atoms with van der Waals surface area (Å²) < 4.78 is 11.2. The molecule has 1 saturated heterocycles. The molecule has 0 aliphatic carbocycles. The van der Waals surface area contributed by atoms with Gasteiger partial charge in [-0.1, -0.05) is 24.6 Å². The maximum absolute atomic E-state index is 12.6. The third kappa shape index (κ3) is 5.77. The Bertz CT molecular complexity index is 773. The molecule has 0 radical (unpaired) electrons. The van der Waals surface area contributed by atoms with Gasteiger partial charge in [-0.25, -0.2) is 4.79 Å². The third-order valence-electron chi connectivity index (χ3n) is 5.74. The molecule has 1 fully saturated rings. The summed E-state index contributed by atoms with van der Waals surface area (Å²) in [4.78, 5) is 17.1. The number of nitrogens with one attached hydrogen (secondary N) is 2. The van der Waals surface area contributed by atoms with Crippen molar-refractivity contribution in [2.75, 3.05) is 47.4 Å². The molecule has 0 bridgehead atoms. The van der Waals surface area contributed by atoms with Crippen LogP contribution in [0, 0.1) is 0 Å². The number of piperidine rings is 1. The van der Waals surface area contributed by atoms with Crippen LogP contribution in [0.15, 0.2) is 47.1 Å². The molecule has 7 heteroatoms. The summed E-state index contributed by atoms with van der Waals surface area (Å²) in [6, 6.07) is 11.7. The predicted octanol–water partition coefficient (Wildman–Crippen LogP) is 3.42. The number of amides is 2. The number of urea groups is 1. The standard InChI is InChI=1S/C23H34N4O3/c1-26(2)19(18-10-5-6-11-21(18)29-3)16-24-23(28)25-17-20(22-12-9-15-30-22)27-13-7-4-8-14-27/h5-6,9-12,15,19-20H,4,7-8,13-14,16-17H2,1-3H3,(H2,24,25,28). The maximum Gasteiger partial charge on any atom is 0.314 e. The van der Waals surface area contributed by atoms with E-state index in [1.165, 1.54) is 19.3 Å². The lowest BCUT2D eigenvalue weighted by Gasteiger charge is -2.33. The molecule has 0 saturated carbocycles. The van der Waals surface area contributed by atoms with Crippen LogP contribution in [0.5, 0.6) is 5.75 Å². The SMILES string of the molecule is COc1ccccc1C(CNC(=O)NCC(c1ccco1)N1CCCCC1)N(C)C. The molecule has 2 atom stereocenters. The van der Waals surface area contributed by atoms with Crippen molar-refractivity contribution in [2.24, 2.45) is 0 Å². The van der Waals surface area contributed by atoms with E-state index in [1.807, 2.05) is 50.5 Å². The summed E-state index contributed by atoms with van der Waals surface area (Å²) in [5.74, 6) is 1.72. The van der Waals surface area contributed by atoms with Gasteiger partial charge in [0.1, 0.15) is 11.5 Å². The molecule has 2 unspecified atom stereocenters. The predicted molar refractivity (Wildman–Crippen MR) is 118 cm³/mol. The molecule has 2 amide bonds. The summed E-state index contributed by atoms with van der Waals surface area (Å²) in [5, 5.41) is 6.06. The Labute approximate surface area is 179 Å². The molecule has 2 aromatic rings. The van der Waals surface area contributed by atoms with Gasteiger partial charge >= 0.3 is 6.03 Å². The van der Waals surface area contributed by atoms with Crippen molar-refractivity contribution in [2.45, 2.75) is 31.3 Å². The second kappa shape index (κ2) is 11.0. The van der Waals surface area contributed by atoms with Gasteiger partial charge in [0.2, 0.25) is 0 Å². The Morgan fingerprint density at radius 2 is 1.83 bits per heavy atom. The first kappa shape index (κ1) is 22.2. The summed E-state index contributed by atoms with van der Waals surface area (Å²) in [5.41, 5.74) is 1.05. The van der Waals surface area contributed by atoms with Crippen LogP contribution in [0.2, 0.25) is 0 Å². The fraction of sp³-hybridized carbons (Fsp3) is 0.522. The molecular weight excluding hydrogens is 380 g/mol. The number of ether oxygens (including phenoxy) is 1. The van der Waals surface area contributed by atoms with E-state index in [0.29, 0.717) is 13.1 Å². The number of hydrogen-bond acceptors (Lipinski definition) is 5. The zero-order chi connectivity index (χ0) is 21.3. The molecule has 1 aliphatic rings. The largest absolute Gasteiger partial charge is 0.496 e. The topological polar surface area (TPSA) is 70.0 Å². The van der Waals surface area contributed by atoms with E-state index in [0.717, 1.165) is 30.2 Å².